The van der Waals surface area contributed by atoms with Gasteiger partial charge in [-0.1, -0.05) is 46.5 Å². The lowest BCUT2D eigenvalue weighted by Gasteiger charge is -2.35. The molecule has 1 amide bonds. The van der Waals surface area contributed by atoms with Crippen LogP contribution in [-0.2, 0) is 24.0 Å². The molecule has 1 atom stereocenters. The maximum absolute atomic E-state index is 14.4. The minimum atomic E-state index is -4.61. The number of amides is 1. The van der Waals surface area contributed by atoms with Gasteiger partial charge in [-0.15, -0.1) is 5.92 Å². The van der Waals surface area contributed by atoms with E-state index in [2.05, 4.69) is 46.5 Å². The average Bonchev–Trinajstić information content (AvgIpc) is 3.38. The van der Waals surface area contributed by atoms with E-state index in [4.69, 9.17) is 9.72 Å². The molecule has 1 saturated carbocycles. The number of nitrogens with zero attached hydrogens (tertiary/aromatic N) is 4. The van der Waals surface area contributed by atoms with Gasteiger partial charge in [0, 0.05) is 42.3 Å². The van der Waals surface area contributed by atoms with Crippen molar-refractivity contribution in [2.24, 2.45) is 22.0 Å². The van der Waals surface area contributed by atoms with Crippen molar-refractivity contribution in [1.82, 2.24) is 10.3 Å². The van der Waals surface area contributed by atoms with Crippen LogP contribution in [0.25, 0.3) is 0 Å². The molecule has 1 aliphatic carbocycles. The third kappa shape index (κ3) is 9.70. The Kier molecular flexibility index (Phi) is 14.2. The number of pyridine rings is 1. The summed E-state index contributed by atoms with van der Waals surface area (Å²) in [6.45, 7) is 12.2. The van der Waals surface area contributed by atoms with E-state index >= 15 is 0 Å². The molecule has 3 heterocycles. The summed E-state index contributed by atoms with van der Waals surface area (Å²) in [4.78, 5) is 20.1. The minimum absolute atomic E-state index is 0.0214. The molecule has 49 heavy (non-hydrogen) atoms. The van der Waals surface area contributed by atoms with Gasteiger partial charge in [-0.05, 0) is 86.0 Å². The Bertz CT molecular complexity index is 1540. The molecule has 2 fully saturated rings. The molecule has 1 aromatic carbocycles. The Hall–Kier alpha value is -3.75. The summed E-state index contributed by atoms with van der Waals surface area (Å²) >= 11 is 0. The number of carbonyl (C=O) groups excluding carboxylic acids is 1. The van der Waals surface area contributed by atoms with E-state index in [1.165, 1.54) is 17.4 Å². The second-order valence-electron chi connectivity index (χ2n) is 12.6. The topological polar surface area (TPSA) is 91.2 Å². The standard InChI is InChI=1S/C36H45F3N6O2.C2H6/c1-4-7-8-9-14-41-32-17-26(34(27-22-47-23-27)31(11-5-2)44-42-6-3)18-33(43-32)45-21-29-28(35(45)46)15-25(16-30(29)36(37,38)39)20-40-19-24-12-10-13-24;1-2/h6,15-18,24,27,34,40H,4-5,7,10-14,19-23H2,1-3H3,(H,41,43);1-2H3/b42-6-,44-31+;. The van der Waals surface area contributed by atoms with Gasteiger partial charge in [0.05, 0.1) is 31.9 Å². The fraction of sp³-hybridized carbons (Fsp3) is 0.579. The first kappa shape index (κ1) is 38.1. The van der Waals surface area contributed by atoms with Gasteiger partial charge in [0.2, 0.25) is 0 Å². The molecule has 0 spiro atoms. The number of halogens is 3. The quantitative estimate of drug-likeness (QED) is 0.119. The summed E-state index contributed by atoms with van der Waals surface area (Å²) in [7, 11) is 0. The van der Waals surface area contributed by atoms with Crippen LogP contribution in [0.5, 0.6) is 0 Å². The third-order valence-electron chi connectivity index (χ3n) is 9.02. The number of unbranched alkanes of at least 4 members (excludes halogenated alkanes) is 1. The minimum Gasteiger partial charge on any atom is -0.381 e. The smallest absolute Gasteiger partial charge is 0.381 e. The van der Waals surface area contributed by atoms with Crippen LogP contribution in [0.15, 0.2) is 34.5 Å². The highest BCUT2D eigenvalue weighted by Crippen LogP contribution is 2.41. The summed E-state index contributed by atoms with van der Waals surface area (Å²) in [5.74, 6) is 7.02. The van der Waals surface area contributed by atoms with E-state index in [0.29, 0.717) is 43.5 Å². The van der Waals surface area contributed by atoms with Gasteiger partial charge in [-0.25, -0.2) is 4.98 Å². The molecule has 11 heteroatoms. The Morgan fingerprint density at radius 1 is 1.14 bits per heavy atom. The highest BCUT2D eigenvalue weighted by Gasteiger charge is 2.41. The first-order chi connectivity index (χ1) is 23.7. The Morgan fingerprint density at radius 2 is 1.92 bits per heavy atom. The lowest BCUT2D eigenvalue weighted by Crippen LogP contribution is -2.37. The zero-order valence-corrected chi connectivity index (χ0v) is 29.6. The van der Waals surface area contributed by atoms with Crippen molar-refractivity contribution >= 4 is 29.5 Å². The zero-order chi connectivity index (χ0) is 35.4. The average molecular weight is 681 g/mol. The van der Waals surface area contributed by atoms with Gasteiger partial charge in [0.25, 0.3) is 5.91 Å². The normalized spacial score (nSPS) is 17.1. The SMILES string of the molecule is C/C=N\N=C(/CCC)C(c1cc(NCC#CCCC)nc(N2Cc3c(cc(CNCC4CCC4)cc3C(F)(F)F)C2=O)c1)C1COC1.CC. The number of nitrogens with one attached hydrogen (secondary N) is 2. The van der Waals surface area contributed by atoms with E-state index in [1.54, 1.807) is 12.3 Å². The second kappa shape index (κ2) is 18.3. The molecular formula is C38H51F3N6O2. The monoisotopic (exact) mass is 680 g/mol. The molecule has 3 aliphatic rings. The third-order valence-corrected chi connectivity index (χ3v) is 9.02. The predicted octanol–water partition coefficient (Wildman–Crippen LogP) is 8.37. The van der Waals surface area contributed by atoms with Gasteiger partial charge >= 0.3 is 6.18 Å². The Labute approximate surface area is 289 Å². The van der Waals surface area contributed by atoms with Crippen LogP contribution in [0.3, 0.4) is 0 Å². The molecule has 1 saturated heterocycles. The lowest BCUT2D eigenvalue weighted by molar-refractivity contribution is -0.138. The molecular weight excluding hydrogens is 629 g/mol. The summed E-state index contributed by atoms with van der Waals surface area (Å²) in [5, 5.41) is 15.3. The number of rotatable bonds is 14. The van der Waals surface area contributed by atoms with Crippen LogP contribution < -0.4 is 15.5 Å². The number of hydrogen-bond acceptors (Lipinski definition) is 7. The van der Waals surface area contributed by atoms with Gasteiger partial charge < -0.3 is 15.4 Å². The van der Waals surface area contributed by atoms with Crippen molar-refractivity contribution in [3.63, 3.8) is 0 Å². The number of anilines is 2. The van der Waals surface area contributed by atoms with Crippen molar-refractivity contribution in [3.05, 3.63) is 52.1 Å². The highest BCUT2D eigenvalue weighted by molar-refractivity contribution is 6.10. The van der Waals surface area contributed by atoms with Crippen molar-refractivity contribution < 1.29 is 22.7 Å². The molecule has 5 rings (SSSR count). The van der Waals surface area contributed by atoms with Crippen molar-refractivity contribution in [2.45, 2.75) is 105 Å². The number of hydrogen-bond donors (Lipinski definition) is 2. The Morgan fingerprint density at radius 3 is 2.53 bits per heavy atom. The summed E-state index contributed by atoms with van der Waals surface area (Å²) in [5.41, 5.74) is 1.47. The van der Waals surface area contributed by atoms with Gasteiger partial charge in [-0.3, -0.25) is 9.69 Å². The summed E-state index contributed by atoms with van der Waals surface area (Å²) in [6, 6.07) is 6.53. The number of fused-ring (bicyclic) bond motifs is 1. The molecule has 0 bridgehead atoms. The lowest BCUT2D eigenvalue weighted by atomic mass is 9.80. The molecule has 8 nitrogen and oxygen atoms in total. The van der Waals surface area contributed by atoms with Crippen molar-refractivity contribution in [2.75, 3.05) is 36.5 Å². The summed E-state index contributed by atoms with van der Waals surface area (Å²) in [6.07, 6.45) is 3.80. The van der Waals surface area contributed by atoms with E-state index in [-0.39, 0.29) is 41.9 Å². The molecule has 2 aliphatic heterocycles. The highest BCUT2D eigenvalue weighted by atomic mass is 19.4. The fourth-order valence-electron chi connectivity index (χ4n) is 6.32. The van der Waals surface area contributed by atoms with Gasteiger partial charge in [-0.2, -0.15) is 23.4 Å². The van der Waals surface area contributed by atoms with Gasteiger partial charge in [0.15, 0.2) is 0 Å². The van der Waals surface area contributed by atoms with Crippen LogP contribution >= 0.6 is 0 Å². The zero-order valence-electron chi connectivity index (χ0n) is 29.6. The molecule has 2 N–H and O–H groups in total. The van der Waals surface area contributed by atoms with Crippen molar-refractivity contribution in [3.8, 4) is 11.8 Å². The van der Waals surface area contributed by atoms with Crippen LogP contribution in [0.1, 0.15) is 118 Å². The molecule has 266 valence electrons. The first-order valence-corrected chi connectivity index (χ1v) is 17.8. The van der Waals surface area contributed by atoms with Crippen LogP contribution in [-0.4, -0.2) is 49.1 Å². The molecule has 0 radical (unpaired) electrons. The summed E-state index contributed by atoms with van der Waals surface area (Å²) < 4.78 is 48.9. The van der Waals surface area contributed by atoms with Crippen LogP contribution in [0.4, 0.5) is 24.8 Å². The number of ether oxygens (including phenoxy) is 1. The number of carbonyl (C=O) groups is 1. The Balaban J connectivity index is 0.00000265. The van der Waals surface area contributed by atoms with E-state index in [1.807, 2.05) is 32.9 Å². The maximum atomic E-state index is 14.4. The van der Waals surface area contributed by atoms with Crippen LogP contribution in [0.2, 0.25) is 0 Å². The fourth-order valence-corrected chi connectivity index (χ4v) is 6.32. The second-order valence-corrected chi connectivity index (χ2v) is 12.6. The molecule has 1 aromatic heterocycles. The number of aromatic nitrogens is 1. The van der Waals surface area contributed by atoms with Crippen LogP contribution in [0, 0.1) is 23.7 Å². The molecule has 1 unspecified atom stereocenters. The maximum Gasteiger partial charge on any atom is 0.416 e. The molecule has 2 aromatic rings. The number of alkyl halides is 3. The van der Waals surface area contributed by atoms with E-state index in [9.17, 15) is 18.0 Å². The number of benzene rings is 1. The van der Waals surface area contributed by atoms with Crippen molar-refractivity contribution in [1.29, 1.82) is 0 Å². The predicted molar refractivity (Wildman–Crippen MR) is 191 cm³/mol. The first-order valence-electron chi connectivity index (χ1n) is 17.8. The largest absolute Gasteiger partial charge is 0.416 e. The van der Waals surface area contributed by atoms with Gasteiger partial charge in [0.1, 0.15) is 11.6 Å². The van der Waals surface area contributed by atoms with E-state index in [0.717, 1.165) is 49.9 Å². The van der Waals surface area contributed by atoms with E-state index < -0.39 is 17.6 Å².